The molecular formula is C15H12FNO4. The van der Waals surface area contributed by atoms with Gasteiger partial charge in [0.1, 0.15) is 11.6 Å². The number of phenols is 1. The number of esters is 1. The molecule has 0 unspecified atom stereocenters. The normalized spacial score (nSPS) is 9.95. The summed E-state index contributed by atoms with van der Waals surface area (Å²) in [6.45, 7) is -0.534. The highest BCUT2D eigenvalue weighted by Crippen LogP contribution is 2.13. The number of ether oxygens (including phenoxy) is 1. The first-order valence-corrected chi connectivity index (χ1v) is 6.07. The number of amides is 1. The molecule has 0 fully saturated rings. The number of phenolic OH excluding ortho intramolecular Hbond substituents is 1. The van der Waals surface area contributed by atoms with Gasteiger partial charge in [-0.3, -0.25) is 4.79 Å². The second kappa shape index (κ2) is 6.51. The van der Waals surface area contributed by atoms with Gasteiger partial charge in [-0.15, -0.1) is 0 Å². The largest absolute Gasteiger partial charge is 0.508 e. The molecule has 0 saturated carbocycles. The number of para-hydroxylation sites is 1. The van der Waals surface area contributed by atoms with E-state index < -0.39 is 24.3 Å². The molecule has 2 N–H and O–H groups in total. The average molecular weight is 289 g/mol. The van der Waals surface area contributed by atoms with E-state index in [0.717, 1.165) is 0 Å². The minimum Gasteiger partial charge on any atom is -0.508 e. The number of hydrogen-bond donors (Lipinski definition) is 2. The van der Waals surface area contributed by atoms with Gasteiger partial charge in [0.15, 0.2) is 6.61 Å². The van der Waals surface area contributed by atoms with Gasteiger partial charge in [-0.05, 0) is 36.4 Å². The van der Waals surface area contributed by atoms with Crippen molar-refractivity contribution in [1.82, 2.24) is 0 Å². The molecule has 21 heavy (non-hydrogen) atoms. The van der Waals surface area contributed by atoms with Gasteiger partial charge in [-0.1, -0.05) is 12.1 Å². The van der Waals surface area contributed by atoms with E-state index in [1.165, 1.54) is 42.5 Å². The number of rotatable bonds is 4. The standard InChI is InChI=1S/C15H12FNO4/c16-12-3-1-2-4-13(12)17-14(19)9-21-15(20)10-5-7-11(18)8-6-10/h1-8,18H,9H2,(H,17,19). The molecule has 2 aromatic carbocycles. The van der Waals surface area contributed by atoms with Crippen LogP contribution in [-0.2, 0) is 9.53 Å². The highest BCUT2D eigenvalue weighted by Gasteiger charge is 2.11. The molecule has 0 aliphatic carbocycles. The minimum atomic E-state index is -0.710. The summed E-state index contributed by atoms with van der Waals surface area (Å²) in [6.07, 6.45) is 0. The number of aromatic hydroxyl groups is 1. The number of benzene rings is 2. The molecule has 108 valence electrons. The van der Waals surface area contributed by atoms with Crippen LogP contribution in [0.4, 0.5) is 10.1 Å². The van der Waals surface area contributed by atoms with E-state index in [4.69, 9.17) is 9.84 Å². The van der Waals surface area contributed by atoms with Crippen molar-refractivity contribution in [2.45, 2.75) is 0 Å². The summed E-state index contributed by atoms with van der Waals surface area (Å²) in [5, 5.41) is 11.4. The molecule has 5 nitrogen and oxygen atoms in total. The molecule has 0 aliphatic rings. The highest BCUT2D eigenvalue weighted by atomic mass is 19.1. The third kappa shape index (κ3) is 4.04. The zero-order chi connectivity index (χ0) is 15.2. The van der Waals surface area contributed by atoms with Crippen LogP contribution in [0.1, 0.15) is 10.4 Å². The molecule has 0 radical (unpaired) electrons. The summed E-state index contributed by atoms with van der Waals surface area (Å²) in [7, 11) is 0. The molecule has 0 aromatic heterocycles. The second-order valence-corrected chi connectivity index (χ2v) is 4.15. The van der Waals surface area contributed by atoms with E-state index in [1.54, 1.807) is 6.07 Å². The average Bonchev–Trinajstić information content (AvgIpc) is 2.48. The fraction of sp³-hybridized carbons (Fsp3) is 0.0667. The van der Waals surface area contributed by atoms with Crippen molar-refractivity contribution in [2.24, 2.45) is 0 Å². The van der Waals surface area contributed by atoms with Gasteiger partial charge in [0.25, 0.3) is 5.91 Å². The Bertz CT molecular complexity index is 655. The Balaban J connectivity index is 1.88. The molecule has 6 heteroatoms. The molecule has 0 atom stereocenters. The summed E-state index contributed by atoms with van der Waals surface area (Å²) < 4.78 is 18.1. The third-order valence-electron chi connectivity index (χ3n) is 2.59. The van der Waals surface area contributed by atoms with Crippen molar-refractivity contribution in [3.63, 3.8) is 0 Å². The van der Waals surface area contributed by atoms with Gasteiger partial charge in [-0.2, -0.15) is 0 Å². The number of carbonyl (C=O) groups excluding carboxylic acids is 2. The number of hydrogen-bond acceptors (Lipinski definition) is 4. The van der Waals surface area contributed by atoms with Gasteiger partial charge in [0.05, 0.1) is 11.3 Å². The molecule has 0 aliphatic heterocycles. The maximum absolute atomic E-state index is 13.3. The molecule has 0 bridgehead atoms. The van der Waals surface area contributed by atoms with E-state index in [0.29, 0.717) is 0 Å². The van der Waals surface area contributed by atoms with Crippen LogP contribution in [-0.4, -0.2) is 23.6 Å². The summed E-state index contributed by atoms with van der Waals surface area (Å²) in [4.78, 5) is 23.2. The Morgan fingerprint density at radius 3 is 2.43 bits per heavy atom. The fourth-order valence-electron chi connectivity index (χ4n) is 1.56. The Labute approximate surface area is 120 Å². The molecule has 0 saturated heterocycles. The molecular weight excluding hydrogens is 277 g/mol. The van der Waals surface area contributed by atoms with Crippen molar-refractivity contribution in [2.75, 3.05) is 11.9 Å². The number of carbonyl (C=O) groups is 2. The van der Waals surface area contributed by atoms with E-state index in [2.05, 4.69) is 5.32 Å². The number of nitrogens with one attached hydrogen (secondary N) is 1. The molecule has 2 rings (SSSR count). The second-order valence-electron chi connectivity index (χ2n) is 4.15. The van der Waals surface area contributed by atoms with E-state index in [1.807, 2.05) is 0 Å². The van der Waals surface area contributed by atoms with E-state index in [9.17, 15) is 14.0 Å². The summed E-state index contributed by atoms with van der Waals surface area (Å²) in [5.74, 6) is -1.91. The summed E-state index contributed by atoms with van der Waals surface area (Å²) in [6, 6.07) is 11.1. The van der Waals surface area contributed by atoms with Crippen molar-refractivity contribution >= 4 is 17.6 Å². The number of anilines is 1. The van der Waals surface area contributed by atoms with Crippen LogP contribution < -0.4 is 5.32 Å². The number of halogens is 1. The zero-order valence-electron chi connectivity index (χ0n) is 10.9. The first-order valence-electron chi connectivity index (χ1n) is 6.07. The maximum Gasteiger partial charge on any atom is 0.338 e. The molecule has 1 amide bonds. The van der Waals surface area contributed by atoms with E-state index >= 15 is 0 Å². The monoisotopic (exact) mass is 289 g/mol. The van der Waals surface area contributed by atoms with E-state index in [-0.39, 0.29) is 17.0 Å². The lowest BCUT2D eigenvalue weighted by molar-refractivity contribution is -0.119. The summed E-state index contributed by atoms with van der Waals surface area (Å²) in [5.41, 5.74) is 0.217. The van der Waals surface area contributed by atoms with Crippen LogP contribution in [0.25, 0.3) is 0 Å². The Morgan fingerprint density at radius 1 is 1.10 bits per heavy atom. The minimum absolute atomic E-state index is 0.0168. The van der Waals surface area contributed by atoms with Crippen LogP contribution in [0.3, 0.4) is 0 Å². The Hall–Kier alpha value is -2.89. The smallest absolute Gasteiger partial charge is 0.338 e. The lowest BCUT2D eigenvalue weighted by Crippen LogP contribution is -2.21. The lowest BCUT2D eigenvalue weighted by atomic mass is 10.2. The first kappa shape index (κ1) is 14.5. The van der Waals surface area contributed by atoms with Gasteiger partial charge >= 0.3 is 5.97 Å². The van der Waals surface area contributed by atoms with Crippen molar-refractivity contribution < 1.29 is 23.8 Å². The van der Waals surface area contributed by atoms with Crippen LogP contribution in [0, 0.1) is 5.82 Å². The Kier molecular flexibility index (Phi) is 4.50. The van der Waals surface area contributed by atoms with Crippen molar-refractivity contribution in [3.8, 4) is 5.75 Å². The Morgan fingerprint density at radius 2 is 1.76 bits per heavy atom. The van der Waals surface area contributed by atoms with Gasteiger partial charge < -0.3 is 15.2 Å². The predicted octanol–water partition coefficient (Wildman–Crippen LogP) is 2.33. The highest BCUT2D eigenvalue weighted by molar-refractivity contribution is 5.95. The molecule has 0 spiro atoms. The van der Waals surface area contributed by atoms with Crippen LogP contribution in [0.15, 0.2) is 48.5 Å². The van der Waals surface area contributed by atoms with Gasteiger partial charge in [0.2, 0.25) is 0 Å². The van der Waals surface area contributed by atoms with Crippen molar-refractivity contribution in [3.05, 3.63) is 59.9 Å². The topological polar surface area (TPSA) is 75.6 Å². The third-order valence-corrected chi connectivity index (χ3v) is 2.59. The summed E-state index contributed by atoms with van der Waals surface area (Å²) >= 11 is 0. The fourth-order valence-corrected chi connectivity index (χ4v) is 1.56. The quantitative estimate of drug-likeness (QED) is 0.847. The van der Waals surface area contributed by atoms with Gasteiger partial charge in [0, 0.05) is 0 Å². The lowest BCUT2D eigenvalue weighted by Gasteiger charge is -2.07. The molecule has 2 aromatic rings. The van der Waals surface area contributed by atoms with Crippen LogP contribution in [0.2, 0.25) is 0 Å². The maximum atomic E-state index is 13.3. The van der Waals surface area contributed by atoms with Crippen molar-refractivity contribution in [1.29, 1.82) is 0 Å². The predicted molar refractivity (Wildman–Crippen MR) is 73.4 cm³/mol. The van der Waals surface area contributed by atoms with Gasteiger partial charge in [-0.25, -0.2) is 9.18 Å². The van der Waals surface area contributed by atoms with Crippen LogP contribution in [0.5, 0.6) is 5.75 Å². The first-order chi connectivity index (χ1) is 10.1. The van der Waals surface area contributed by atoms with Crippen LogP contribution >= 0.6 is 0 Å². The molecule has 0 heterocycles. The SMILES string of the molecule is O=C(COC(=O)c1ccc(O)cc1)Nc1ccccc1F. The zero-order valence-corrected chi connectivity index (χ0v) is 10.9.